The minimum Gasteiger partial charge on any atom is -0.467 e. The molecule has 2 aromatic rings. The molecule has 2 rings (SSSR count). The van der Waals surface area contributed by atoms with Gasteiger partial charge >= 0.3 is 0 Å². The van der Waals surface area contributed by atoms with Crippen molar-refractivity contribution in [2.75, 3.05) is 34.4 Å². The maximum Gasteiger partial charge on any atom is 0.188 e. The Hall–Kier alpha value is -1.65. The van der Waals surface area contributed by atoms with Crippen molar-refractivity contribution in [3.05, 3.63) is 47.5 Å². The molecule has 0 aliphatic rings. The second kappa shape index (κ2) is 10.8. The van der Waals surface area contributed by atoms with Crippen molar-refractivity contribution in [3.63, 3.8) is 0 Å². The lowest BCUT2D eigenvalue weighted by Gasteiger charge is -2.29. The van der Waals surface area contributed by atoms with Crippen molar-refractivity contribution in [2.45, 2.75) is 45.2 Å². The van der Waals surface area contributed by atoms with Crippen molar-refractivity contribution >= 4 is 26.5 Å². The first kappa shape index (κ1) is 25.6. The molecule has 172 valence electrons. The monoisotopic (exact) mass is 461 g/mol. The van der Waals surface area contributed by atoms with Gasteiger partial charge in [0.05, 0.1) is 16.1 Å². The minimum atomic E-state index is -1.66. The van der Waals surface area contributed by atoms with E-state index in [2.05, 4.69) is 75.7 Å². The third-order valence-electron chi connectivity index (χ3n) is 5.34. The molecule has 0 fully saturated rings. The fourth-order valence-corrected chi connectivity index (χ4v) is 6.81. The molecular formula is C24H39NO4Si2. The summed E-state index contributed by atoms with van der Waals surface area (Å²) in [6.45, 7) is 14.8. The molecule has 0 aliphatic heterocycles. The molecule has 2 N–H and O–H groups in total. The van der Waals surface area contributed by atoms with Crippen LogP contribution in [0.25, 0.3) is 0 Å². The van der Waals surface area contributed by atoms with Gasteiger partial charge in [0.2, 0.25) is 0 Å². The molecule has 0 unspecified atom stereocenters. The Morgan fingerprint density at radius 3 is 1.39 bits per heavy atom. The van der Waals surface area contributed by atoms with Crippen molar-refractivity contribution in [1.82, 2.24) is 0 Å². The zero-order valence-electron chi connectivity index (χ0n) is 20.4. The van der Waals surface area contributed by atoms with Crippen molar-refractivity contribution in [3.8, 4) is 11.5 Å². The van der Waals surface area contributed by atoms with E-state index in [1.54, 1.807) is 14.2 Å². The van der Waals surface area contributed by atoms with Crippen LogP contribution < -0.4 is 25.6 Å². The first-order chi connectivity index (χ1) is 14.6. The highest BCUT2D eigenvalue weighted by molar-refractivity contribution is 6.89. The lowest BCUT2D eigenvalue weighted by Crippen LogP contribution is -2.40. The first-order valence-electron chi connectivity index (χ1n) is 10.8. The van der Waals surface area contributed by atoms with Gasteiger partial charge in [0, 0.05) is 37.8 Å². The summed E-state index contributed by atoms with van der Waals surface area (Å²) in [5.41, 5.74) is 8.56. The SMILES string of the molecule is COCOc1c(C(CN)c2cccc([Si](C)(C)C)c2OCOC)cccc1[Si](C)(C)C. The fourth-order valence-electron chi connectivity index (χ4n) is 3.82. The third-order valence-corrected chi connectivity index (χ3v) is 9.36. The van der Waals surface area contributed by atoms with Crippen LogP contribution in [0, 0.1) is 0 Å². The van der Waals surface area contributed by atoms with E-state index < -0.39 is 16.1 Å². The van der Waals surface area contributed by atoms with E-state index >= 15 is 0 Å². The average Bonchev–Trinajstić information content (AvgIpc) is 2.70. The number of hydrogen-bond donors (Lipinski definition) is 1. The number of nitrogens with two attached hydrogens (primary N) is 1. The molecule has 0 bridgehead atoms. The van der Waals surface area contributed by atoms with E-state index in [0.29, 0.717) is 6.54 Å². The summed E-state index contributed by atoms with van der Waals surface area (Å²) >= 11 is 0. The number of methoxy groups -OCH3 is 2. The number of ether oxygens (including phenoxy) is 4. The topological polar surface area (TPSA) is 62.9 Å². The highest BCUT2D eigenvalue weighted by Gasteiger charge is 2.30. The number of para-hydroxylation sites is 2. The van der Waals surface area contributed by atoms with Gasteiger partial charge in [-0.05, 0) is 10.4 Å². The van der Waals surface area contributed by atoms with Crippen LogP contribution in [0.3, 0.4) is 0 Å². The van der Waals surface area contributed by atoms with E-state index in [9.17, 15) is 0 Å². The van der Waals surface area contributed by atoms with E-state index in [4.69, 9.17) is 24.7 Å². The third kappa shape index (κ3) is 6.20. The zero-order valence-corrected chi connectivity index (χ0v) is 22.4. The van der Waals surface area contributed by atoms with Crippen LogP contribution in [0.2, 0.25) is 39.3 Å². The smallest absolute Gasteiger partial charge is 0.188 e. The van der Waals surface area contributed by atoms with Gasteiger partial charge in [0.15, 0.2) is 13.6 Å². The standard InChI is InChI=1S/C24H39NO4Si2/c1-26-16-28-23-18(11-9-13-21(23)30(3,4)5)20(15-25)19-12-10-14-22(31(6,7)8)24(19)29-17-27-2/h9-14,20H,15-17,25H2,1-8H3. The molecule has 0 radical (unpaired) electrons. The van der Waals surface area contributed by atoms with Crippen molar-refractivity contribution < 1.29 is 18.9 Å². The van der Waals surface area contributed by atoms with Crippen LogP contribution in [-0.2, 0) is 9.47 Å². The van der Waals surface area contributed by atoms with Gasteiger partial charge in [-0.1, -0.05) is 75.7 Å². The summed E-state index contributed by atoms with van der Waals surface area (Å²) in [6.07, 6.45) is 0. The summed E-state index contributed by atoms with van der Waals surface area (Å²) < 4.78 is 22.8. The maximum absolute atomic E-state index is 6.40. The Kier molecular flexibility index (Phi) is 8.91. The van der Waals surface area contributed by atoms with Gasteiger partial charge in [-0.3, -0.25) is 0 Å². The molecule has 0 aliphatic carbocycles. The van der Waals surface area contributed by atoms with Gasteiger partial charge in [-0.2, -0.15) is 0 Å². The molecule has 2 aromatic carbocycles. The lowest BCUT2D eigenvalue weighted by molar-refractivity contribution is 0.0501. The van der Waals surface area contributed by atoms with Crippen LogP contribution in [-0.4, -0.2) is 50.5 Å². The highest BCUT2D eigenvalue weighted by atomic mass is 28.3. The summed E-state index contributed by atoms with van der Waals surface area (Å²) in [7, 11) is -0.0316. The van der Waals surface area contributed by atoms with Crippen LogP contribution >= 0.6 is 0 Å². The van der Waals surface area contributed by atoms with Gasteiger partial charge in [-0.25, -0.2) is 0 Å². The molecule has 0 atom stereocenters. The Balaban J connectivity index is 2.74. The minimum absolute atomic E-state index is 0.0636. The largest absolute Gasteiger partial charge is 0.467 e. The van der Waals surface area contributed by atoms with E-state index in [0.717, 1.165) is 22.6 Å². The van der Waals surface area contributed by atoms with Crippen LogP contribution in [0.5, 0.6) is 11.5 Å². The predicted octanol–water partition coefficient (Wildman–Crippen LogP) is 3.83. The second-order valence-corrected chi connectivity index (χ2v) is 19.9. The summed E-state index contributed by atoms with van der Waals surface area (Å²) in [6, 6.07) is 12.8. The fraction of sp³-hybridized carbons (Fsp3) is 0.500. The molecule has 0 saturated heterocycles. The molecule has 0 saturated carbocycles. The quantitative estimate of drug-likeness (QED) is 0.407. The van der Waals surface area contributed by atoms with Gasteiger partial charge in [-0.15, -0.1) is 0 Å². The van der Waals surface area contributed by atoms with Crippen molar-refractivity contribution in [2.24, 2.45) is 5.73 Å². The summed E-state index contributed by atoms with van der Waals surface area (Å²) in [5, 5.41) is 2.53. The molecule has 0 amide bonds. The second-order valence-electron chi connectivity index (χ2n) is 9.84. The van der Waals surface area contributed by atoms with E-state index in [1.165, 1.54) is 10.4 Å². The van der Waals surface area contributed by atoms with Crippen LogP contribution in [0.4, 0.5) is 0 Å². The number of rotatable bonds is 11. The van der Waals surface area contributed by atoms with Gasteiger partial charge in [0.25, 0.3) is 0 Å². The average molecular weight is 462 g/mol. The number of hydrogen-bond acceptors (Lipinski definition) is 5. The Morgan fingerprint density at radius 1 is 0.710 bits per heavy atom. The number of benzene rings is 2. The summed E-state index contributed by atoms with van der Waals surface area (Å²) in [4.78, 5) is 0. The lowest BCUT2D eigenvalue weighted by atomic mass is 9.90. The molecule has 7 heteroatoms. The Morgan fingerprint density at radius 2 is 1.10 bits per heavy atom. The molecule has 0 heterocycles. The Bertz CT molecular complexity index is 790. The van der Waals surface area contributed by atoms with Gasteiger partial charge in [0.1, 0.15) is 11.5 Å². The highest BCUT2D eigenvalue weighted by Crippen LogP contribution is 2.36. The normalized spacial score (nSPS) is 12.3. The molecule has 0 aromatic heterocycles. The van der Waals surface area contributed by atoms with Gasteiger partial charge < -0.3 is 24.7 Å². The molecule has 0 spiro atoms. The van der Waals surface area contributed by atoms with E-state index in [1.807, 2.05) is 0 Å². The maximum atomic E-state index is 6.40. The zero-order chi connectivity index (χ0) is 23.2. The van der Waals surface area contributed by atoms with Crippen molar-refractivity contribution in [1.29, 1.82) is 0 Å². The van der Waals surface area contributed by atoms with Crippen LogP contribution in [0.1, 0.15) is 17.0 Å². The summed E-state index contributed by atoms with van der Waals surface area (Å²) in [5.74, 6) is 1.73. The Labute approximate surface area is 189 Å². The molecule has 5 nitrogen and oxygen atoms in total. The van der Waals surface area contributed by atoms with Crippen LogP contribution in [0.15, 0.2) is 36.4 Å². The van der Waals surface area contributed by atoms with E-state index in [-0.39, 0.29) is 19.5 Å². The predicted molar refractivity (Wildman–Crippen MR) is 135 cm³/mol. The first-order valence-corrected chi connectivity index (χ1v) is 17.8. The molecular weight excluding hydrogens is 422 g/mol. The molecule has 31 heavy (non-hydrogen) atoms.